The predicted molar refractivity (Wildman–Crippen MR) is 49.1 cm³/mol. The van der Waals surface area contributed by atoms with Gasteiger partial charge in [0, 0.05) is 12.7 Å². The van der Waals surface area contributed by atoms with Crippen molar-refractivity contribution in [2.45, 2.75) is 6.92 Å². The van der Waals surface area contributed by atoms with Gasteiger partial charge in [0.15, 0.2) is 5.84 Å². The first-order valence-corrected chi connectivity index (χ1v) is 4.02. The lowest BCUT2D eigenvalue weighted by atomic mass is 10.3. The maximum Gasteiger partial charge on any atom is 0.158 e. The van der Waals surface area contributed by atoms with Crippen molar-refractivity contribution in [2.75, 3.05) is 6.54 Å². The number of rotatable bonds is 1. The third-order valence-electron chi connectivity index (χ3n) is 1.94. The Morgan fingerprint density at radius 3 is 3.00 bits per heavy atom. The van der Waals surface area contributed by atoms with Crippen LogP contribution in [-0.2, 0) is 0 Å². The lowest BCUT2D eigenvalue weighted by Crippen LogP contribution is -2.22. The molecule has 0 N–H and O–H groups in total. The predicted octanol–water partition coefficient (Wildman–Crippen LogP) is 1.49. The number of hydrogen-bond acceptors (Lipinski definition) is 3. The number of hydrazone groups is 1. The zero-order valence-corrected chi connectivity index (χ0v) is 7.07. The highest BCUT2D eigenvalue weighted by Crippen LogP contribution is 2.21. The second kappa shape index (κ2) is 2.52. The maximum absolute atomic E-state index is 4.35. The average Bonchev–Trinajstić information content (AvgIpc) is 2.44. The molecule has 0 unspecified atom stereocenters. The van der Waals surface area contributed by atoms with E-state index >= 15 is 0 Å². The van der Waals surface area contributed by atoms with E-state index in [1.807, 2.05) is 34.3 Å². The highest BCUT2D eigenvalue weighted by atomic mass is 15.6. The summed E-state index contributed by atoms with van der Waals surface area (Å²) in [6.45, 7) is 6.86. The van der Waals surface area contributed by atoms with E-state index in [0.717, 1.165) is 18.2 Å². The molecule has 0 fully saturated rings. The van der Waals surface area contributed by atoms with Crippen LogP contribution in [0.3, 0.4) is 0 Å². The summed E-state index contributed by atoms with van der Waals surface area (Å²) in [4.78, 5) is 1.98. The van der Waals surface area contributed by atoms with Crippen LogP contribution < -0.4 is 0 Å². The molecule has 0 amide bonds. The van der Waals surface area contributed by atoms with Crippen molar-refractivity contribution >= 4 is 5.84 Å². The SMILES string of the molecule is C=C1N(CC)N=C2C=CC=CN12. The average molecular weight is 161 g/mol. The molecular formula is C9H11N3. The molecule has 3 nitrogen and oxygen atoms in total. The van der Waals surface area contributed by atoms with Crippen LogP contribution in [0.2, 0.25) is 0 Å². The largest absolute Gasteiger partial charge is 0.285 e. The minimum absolute atomic E-state index is 0.862. The third-order valence-corrected chi connectivity index (χ3v) is 1.94. The van der Waals surface area contributed by atoms with E-state index in [0.29, 0.717) is 0 Å². The van der Waals surface area contributed by atoms with E-state index in [2.05, 4.69) is 18.6 Å². The molecule has 0 radical (unpaired) electrons. The fourth-order valence-electron chi connectivity index (χ4n) is 1.29. The summed E-state index contributed by atoms with van der Waals surface area (Å²) < 4.78 is 0. The number of hydrogen-bond donors (Lipinski definition) is 0. The fraction of sp³-hybridized carbons (Fsp3) is 0.222. The smallest absolute Gasteiger partial charge is 0.158 e. The van der Waals surface area contributed by atoms with Gasteiger partial charge in [0.2, 0.25) is 0 Å². The van der Waals surface area contributed by atoms with Gasteiger partial charge < -0.3 is 0 Å². The normalized spacial score (nSPS) is 20.1. The number of fused-ring (bicyclic) bond motifs is 1. The van der Waals surface area contributed by atoms with Crippen LogP contribution in [0.15, 0.2) is 41.9 Å². The van der Waals surface area contributed by atoms with Gasteiger partial charge in [-0.2, -0.15) is 5.10 Å². The first kappa shape index (κ1) is 7.16. The van der Waals surface area contributed by atoms with Gasteiger partial charge in [-0.15, -0.1) is 0 Å². The van der Waals surface area contributed by atoms with Crippen LogP contribution in [-0.4, -0.2) is 22.3 Å². The highest BCUT2D eigenvalue weighted by molar-refractivity contribution is 5.97. The fourth-order valence-corrected chi connectivity index (χ4v) is 1.29. The van der Waals surface area contributed by atoms with E-state index in [1.54, 1.807) is 0 Å². The van der Waals surface area contributed by atoms with E-state index in [4.69, 9.17) is 0 Å². The molecule has 0 aromatic heterocycles. The summed E-state index contributed by atoms with van der Waals surface area (Å²) in [6.07, 6.45) is 7.89. The van der Waals surface area contributed by atoms with E-state index in [1.165, 1.54) is 0 Å². The van der Waals surface area contributed by atoms with Crippen LogP contribution in [0.5, 0.6) is 0 Å². The highest BCUT2D eigenvalue weighted by Gasteiger charge is 2.23. The van der Waals surface area contributed by atoms with Gasteiger partial charge in [-0.1, -0.05) is 12.7 Å². The minimum atomic E-state index is 0.862. The summed E-state index contributed by atoms with van der Waals surface area (Å²) in [5, 5.41) is 6.23. The Balaban J connectivity index is 2.32. The van der Waals surface area contributed by atoms with Gasteiger partial charge in [0.25, 0.3) is 0 Å². The molecule has 0 aliphatic carbocycles. The number of amidine groups is 1. The molecule has 0 aromatic carbocycles. The molecule has 0 saturated heterocycles. The van der Waals surface area contributed by atoms with Crippen LogP contribution in [0, 0.1) is 0 Å². The van der Waals surface area contributed by atoms with Crippen LogP contribution in [0.4, 0.5) is 0 Å². The third kappa shape index (κ3) is 0.863. The molecule has 0 spiro atoms. The molecule has 0 bridgehead atoms. The van der Waals surface area contributed by atoms with Gasteiger partial charge in [-0.25, -0.2) is 5.01 Å². The summed E-state index contributed by atoms with van der Waals surface area (Å²) >= 11 is 0. The lowest BCUT2D eigenvalue weighted by Gasteiger charge is -2.18. The zero-order chi connectivity index (χ0) is 8.55. The molecule has 2 rings (SSSR count). The quantitative estimate of drug-likeness (QED) is 0.580. The molecule has 62 valence electrons. The molecule has 0 aromatic rings. The monoisotopic (exact) mass is 161 g/mol. The van der Waals surface area contributed by atoms with Gasteiger partial charge in [0.1, 0.15) is 5.82 Å². The van der Waals surface area contributed by atoms with Crippen LogP contribution in [0.1, 0.15) is 6.92 Å². The van der Waals surface area contributed by atoms with Crippen molar-refractivity contribution in [1.29, 1.82) is 0 Å². The molecule has 0 atom stereocenters. The molecule has 3 heteroatoms. The first-order valence-electron chi connectivity index (χ1n) is 4.02. The zero-order valence-electron chi connectivity index (χ0n) is 7.07. The second-order valence-corrected chi connectivity index (χ2v) is 2.66. The Hall–Kier alpha value is -1.51. The summed E-state index contributed by atoms with van der Waals surface area (Å²) in [5.41, 5.74) is 0. The van der Waals surface area contributed by atoms with E-state index < -0.39 is 0 Å². The van der Waals surface area contributed by atoms with Crippen molar-refractivity contribution in [3.63, 3.8) is 0 Å². The molecule has 2 heterocycles. The molecular weight excluding hydrogens is 150 g/mol. The number of nitrogens with zero attached hydrogens (tertiary/aromatic N) is 3. The Morgan fingerprint density at radius 1 is 1.50 bits per heavy atom. The Bertz CT molecular complexity index is 299. The van der Waals surface area contributed by atoms with Crippen LogP contribution in [0.25, 0.3) is 0 Å². The van der Waals surface area contributed by atoms with Gasteiger partial charge in [0.05, 0.1) is 0 Å². The van der Waals surface area contributed by atoms with Gasteiger partial charge >= 0.3 is 0 Å². The molecule has 2 aliphatic heterocycles. The van der Waals surface area contributed by atoms with Crippen molar-refractivity contribution < 1.29 is 0 Å². The van der Waals surface area contributed by atoms with Gasteiger partial charge in [-0.3, -0.25) is 4.90 Å². The van der Waals surface area contributed by atoms with E-state index in [9.17, 15) is 0 Å². The maximum atomic E-state index is 4.35. The number of allylic oxidation sites excluding steroid dienone is 2. The van der Waals surface area contributed by atoms with Crippen molar-refractivity contribution in [2.24, 2.45) is 5.10 Å². The van der Waals surface area contributed by atoms with Crippen molar-refractivity contribution in [1.82, 2.24) is 9.91 Å². The van der Waals surface area contributed by atoms with Crippen molar-refractivity contribution in [3.8, 4) is 0 Å². The Kier molecular flexibility index (Phi) is 1.50. The Morgan fingerprint density at radius 2 is 2.33 bits per heavy atom. The topological polar surface area (TPSA) is 18.8 Å². The molecule has 2 aliphatic rings. The summed E-state index contributed by atoms with van der Waals surface area (Å²) in [6, 6.07) is 0. The first-order chi connectivity index (χ1) is 5.83. The molecule has 12 heavy (non-hydrogen) atoms. The summed E-state index contributed by atoms with van der Waals surface area (Å²) in [7, 11) is 0. The van der Waals surface area contributed by atoms with Gasteiger partial charge in [-0.05, 0) is 19.1 Å². The second-order valence-electron chi connectivity index (χ2n) is 2.66. The van der Waals surface area contributed by atoms with E-state index in [-0.39, 0.29) is 0 Å². The molecule has 0 saturated carbocycles. The van der Waals surface area contributed by atoms with Crippen molar-refractivity contribution in [3.05, 3.63) is 36.8 Å². The Labute approximate surface area is 72.0 Å². The standard InChI is InChI=1S/C9H11N3/c1-3-12-8(2)11-7-5-4-6-9(11)10-12/h4-7H,2-3H2,1H3. The lowest BCUT2D eigenvalue weighted by molar-refractivity contribution is 0.362. The van der Waals surface area contributed by atoms with Crippen LogP contribution >= 0.6 is 0 Å². The summed E-state index contributed by atoms with van der Waals surface area (Å²) in [5.74, 6) is 1.87. The minimum Gasteiger partial charge on any atom is -0.285 e.